The number of anilines is 1. The number of guanidine groups is 1. The van der Waals surface area contributed by atoms with Gasteiger partial charge in [-0.1, -0.05) is 12.1 Å². The van der Waals surface area contributed by atoms with Crippen LogP contribution in [-0.2, 0) is 4.74 Å². The van der Waals surface area contributed by atoms with Crippen LogP contribution in [0.2, 0.25) is 0 Å². The lowest BCUT2D eigenvalue weighted by atomic mass is 10.2. The van der Waals surface area contributed by atoms with E-state index in [9.17, 15) is 0 Å². The van der Waals surface area contributed by atoms with Gasteiger partial charge in [-0.3, -0.25) is 10.4 Å². The minimum atomic E-state index is 0.544. The highest BCUT2D eigenvalue weighted by atomic mass is 79.9. The smallest absolute Gasteiger partial charge is 0.210 e. The van der Waals surface area contributed by atoms with E-state index in [1.165, 1.54) is 0 Å². The standard InChI is InChI=1S/C13H21BrN4O/c1-3-19-9-5-8-16-13(18-15)17-11-7-4-6-10(2)12(11)14/h4,6-7H,3,5,8-9,15H2,1-2H3,(H2,16,17,18). The van der Waals surface area contributed by atoms with Crippen molar-refractivity contribution < 1.29 is 4.74 Å². The summed E-state index contributed by atoms with van der Waals surface area (Å²) in [4.78, 5) is 4.35. The normalized spacial score (nSPS) is 11.5. The Hall–Kier alpha value is -1.11. The summed E-state index contributed by atoms with van der Waals surface area (Å²) in [6.45, 7) is 6.12. The highest BCUT2D eigenvalue weighted by Crippen LogP contribution is 2.25. The Morgan fingerprint density at radius 1 is 1.47 bits per heavy atom. The van der Waals surface area contributed by atoms with Gasteiger partial charge < -0.3 is 10.1 Å². The molecule has 0 bridgehead atoms. The molecule has 5 nitrogen and oxygen atoms in total. The second-order valence-electron chi connectivity index (χ2n) is 3.99. The zero-order valence-electron chi connectivity index (χ0n) is 11.4. The molecule has 0 saturated carbocycles. The van der Waals surface area contributed by atoms with Crippen molar-refractivity contribution in [2.24, 2.45) is 10.8 Å². The lowest BCUT2D eigenvalue weighted by molar-refractivity contribution is 0.146. The number of rotatable bonds is 6. The zero-order valence-corrected chi connectivity index (χ0v) is 13.0. The summed E-state index contributed by atoms with van der Waals surface area (Å²) in [5.41, 5.74) is 4.65. The Bertz CT molecular complexity index is 423. The Labute approximate surface area is 122 Å². The van der Waals surface area contributed by atoms with Crippen LogP contribution in [0, 0.1) is 6.92 Å². The third kappa shape index (κ3) is 5.59. The van der Waals surface area contributed by atoms with E-state index in [0.717, 1.165) is 28.8 Å². The predicted octanol–water partition coefficient (Wildman–Crippen LogP) is 2.42. The van der Waals surface area contributed by atoms with Crippen molar-refractivity contribution in [1.82, 2.24) is 5.43 Å². The summed E-state index contributed by atoms with van der Waals surface area (Å²) in [7, 11) is 0. The van der Waals surface area contributed by atoms with Gasteiger partial charge in [0.2, 0.25) is 5.96 Å². The topological polar surface area (TPSA) is 71.7 Å². The Morgan fingerprint density at radius 2 is 2.26 bits per heavy atom. The first-order valence-corrected chi connectivity index (χ1v) is 7.09. The van der Waals surface area contributed by atoms with Crippen LogP contribution in [-0.4, -0.2) is 25.7 Å². The molecule has 106 valence electrons. The monoisotopic (exact) mass is 328 g/mol. The van der Waals surface area contributed by atoms with Gasteiger partial charge in [0.05, 0.1) is 5.69 Å². The highest BCUT2D eigenvalue weighted by molar-refractivity contribution is 9.10. The molecule has 1 aromatic carbocycles. The number of halogens is 1. The Kier molecular flexibility index (Phi) is 7.47. The maximum atomic E-state index is 5.46. The predicted molar refractivity (Wildman–Crippen MR) is 83.2 cm³/mol. The summed E-state index contributed by atoms with van der Waals surface area (Å²) in [5.74, 6) is 6.00. The van der Waals surface area contributed by atoms with Crippen LogP contribution in [0.3, 0.4) is 0 Å². The number of nitrogens with two attached hydrogens (primary N) is 1. The number of nitrogens with one attached hydrogen (secondary N) is 2. The first kappa shape index (κ1) is 15.9. The average Bonchev–Trinajstić information content (AvgIpc) is 2.42. The molecule has 0 aliphatic heterocycles. The number of hydrogen-bond donors (Lipinski definition) is 3. The maximum Gasteiger partial charge on any atom is 0.210 e. The van der Waals surface area contributed by atoms with Crippen molar-refractivity contribution in [2.75, 3.05) is 25.1 Å². The fourth-order valence-electron chi connectivity index (χ4n) is 1.49. The molecule has 0 heterocycles. The molecule has 6 heteroatoms. The number of benzene rings is 1. The highest BCUT2D eigenvalue weighted by Gasteiger charge is 2.04. The Morgan fingerprint density at radius 3 is 2.95 bits per heavy atom. The molecule has 0 unspecified atom stereocenters. The van der Waals surface area contributed by atoms with E-state index in [4.69, 9.17) is 10.6 Å². The van der Waals surface area contributed by atoms with E-state index in [1.54, 1.807) is 0 Å². The molecule has 1 rings (SSSR count). The lowest BCUT2D eigenvalue weighted by Crippen LogP contribution is -2.36. The molecule has 0 fully saturated rings. The van der Waals surface area contributed by atoms with Gasteiger partial charge >= 0.3 is 0 Å². The third-order valence-corrected chi connectivity index (χ3v) is 3.56. The van der Waals surface area contributed by atoms with Gasteiger partial charge in [-0.05, 0) is 47.8 Å². The molecule has 1 aromatic rings. The molecule has 19 heavy (non-hydrogen) atoms. The summed E-state index contributed by atoms with van der Waals surface area (Å²) in [5, 5.41) is 3.15. The van der Waals surface area contributed by atoms with Gasteiger partial charge in [-0.2, -0.15) is 0 Å². The van der Waals surface area contributed by atoms with Crippen LogP contribution in [0.1, 0.15) is 18.9 Å². The van der Waals surface area contributed by atoms with Gasteiger partial charge in [0.1, 0.15) is 0 Å². The molecule has 0 aromatic heterocycles. The second kappa shape index (κ2) is 8.90. The van der Waals surface area contributed by atoms with Crippen molar-refractivity contribution in [1.29, 1.82) is 0 Å². The molecule has 0 saturated heterocycles. The fourth-order valence-corrected chi connectivity index (χ4v) is 1.86. The molecular weight excluding hydrogens is 308 g/mol. The van der Waals surface area contributed by atoms with Gasteiger partial charge in [0.15, 0.2) is 0 Å². The number of aliphatic imine (C=N–C) groups is 1. The van der Waals surface area contributed by atoms with Crippen molar-refractivity contribution >= 4 is 27.6 Å². The third-order valence-electron chi connectivity index (χ3n) is 2.50. The van der Waals surface area contributed by atoms with E-state index < -0.39 is 0 Å². The molecule has 0 atom stereocenters. The second-order valence-corrected chi connectivity index (χ2v) is 4.78. The van der Waals surface area contributed by atoms with Crippen LogP contribution >= 0.6 is 15.9 Å². The van der Waals surface area contributed by atoms with Gasteiger partial charge in [-0.25, -0.2) is 5.84 Å². The SMILES string of the molecule is CCOCCCN=C(NN)Nc1cccc(C)c1Br. The van der Waals surface area contributed by atoms with Crippen LogP contribution < -0.4 is 16.6 Å². The van der Waals surface area contributed by atoms with Gasteiger partial charge in [0, 0.05) is 24.2 Å². The lowest BCUT2D eigenvalue weighted by Gasteiger charge is -2.12. The van der Waals surface area contributed by atoms with Crippen LogP contribution in [0.15, 0.2) is 27.7 Å². The summed E-state index contributed by atoms with van der Waals surface area (Å²) >= 11 is 3.53. The molecular formula is C13H21BrN4O. The fraction of sp³-hybridized carbons (Fsp3) is 0.462. The molecule has 0 aliphatic rings. The van der Waals surface area contributed by atoms with Crippen molar-refractivity contribution in [2.45, 2.75) is 20.3 Å². The minimum Gasteiger partial charge on any atom is -0.382 e. The summed E-state index contributed by atoms with van der Waals surface area (Å²) < 4.78 is 6.26. The van der Waals surface area contributed by atoms with Crippen LogP contribution in [0.5, 0.6) is 0 Å². The van der Waals surface area contributed by atoms with Crippen molar-refractivity contribution in [3.8, 4) is 0 Å². The van der Waals surface area contributed by atoms with E-state index >= 15 is 0 Å². The molecule has 0 radical (unpaired) electrons. The largest absolute Gasteiger partial charge is 0.382 e. The average molecular weight is 329 g/mol. The van der Waals surface area contributed by atoms with E-state index in [0.29, 0.717) is 19.1 Å². The zero-order chi connectivity index (χ0) is 14.1. The van der Waals surface area contributed by atoms with E-state index in [-0.39, 0.29) is 0 Å². The number of hydrogen-bond acceptors (Lipinski definition) is 3. The number of ether oxygens (including phenoxy) is 1. The molecule has 0 aliphatic carbocycles. The van der Waals surface area contributed by atoms with Gasteiger partial charge in [0.25, 0.3) is 0 Å². The number of nitrogens with zero attached hydrogens (tertiary/aromatic N) is 1. The van der Waals surface area contributed by atoms with Crippen LogP contribution in [0.25, 0.3) is 0 Å². The summed E-state index contributed by atoms with van der Waals surface area (Å²) in [6.07, 6.45) is 0.871. The first-order chi connectivity index (χ1) is 9.19. The van der Waals surface area contributed by atoms with Gasteiger partial charge in [-0.15, -0.1) is 0 Å². The number of hydrazine groups is 1. The van der Waals surface area contributed by atoms with E-state index in [2.05, 4.69) is 31.7 Å². The van der Waals surface area contributed by atoms with E-state index in [1.807, 2.05) is 32.0 Å². The van der Waals surface area contributed by atoms with Crippen LogP contribution in [0.4, 0.5) is 5.69 Å². The quantitative estimate of drug-likeness (QED) is 0.246. The van der Waals surface area contributed by atoms with Crippen molar-refractivity contribution in [3.63, 3.8) is 0 Å². The summed E-state index contributed by atoms with van der Waals surface area (Å²) in [6, 6.07) is 5.97. The minimum absolute atomic E-state index is 0.544. The number of aryl methyl sites for hydroxylation is 1. The molecule has 0 spiro atoms. The Balaban J connectivity index is 2.56. The molecule has 4 N–H and O–H groups in total. The van der Waals surface area contributed by atoms with Crippen molar-refractivity contribution in [3.05, 3.63) is 28.2 Å². The first-order valence-electron chi connectivity index (χ1n) is 6.30. The maximum absolute atomic E-state index is 5.46. The molecule has 0 amide bonds.